The number of fused-ring (bicyclic) bond motifs is 1. The van der Waals surface area contributed by atoms with Gasteiger partial charge in [-0.25, -0.2) is 4.98 Å². The molecule has 1 amide bonds. The molecule has 0 atom stereocenters. The highest BCUT2D eigenvalue weighted by Crippen LogP contribution is 2.31. The molecule has 2 aromatic carbocycles. The number of anilines is 1. The molecule has 2 aromatic heterocycles. The van der Waals surface area contributed by atoms with Gasteiger partial charge in [0.25, 0.3) is 5.91 Å². The van der Waals surface area contributed by atoms with Crippen LogP contribution in [0.2, 0.25) is 0 Å². The average Bonchev–Trinajstić information content (AvgIpc) is 3.23. The summed E-state index contributed by atoms with van der Waals surface area (Å²) in [5.41, 5.74) is 3.02. The van der Waals surface area contributed by atoms with Crippen molar-refractivity contribution in [2.24, 2.45) is 0 Å². The molecular weight excluding hydrogens is 380 g/mol. The van der Waals surface area contributed by atoms with Crippen molar-refractivity contribution < 1.29 is 4.79 Å². The van der Waals surface area contributed by atoms with E-state index in [1.807, 2.05) is 60.7 Å². The summed E-state index contributed by atoms with van der Waals surface area (Å²) in [6.07, 6.45) is 0.949. The van der Waals surface area contributed by atoms with Crippen LogP contribution < -0.4 is 5.32 Å². The molecule has 6 heteroatoms. The lowest BCUT2D eigenvalue weighted by molar-refractivity contribution is 0.102. The highest BCUT2D eigenvalue weighted by molar-refractivity contribution is 7.15. The van der Waals surface area contributed by atoms with Crippen molar-refractivity contribution in [3.8, 4) is 11.3 Å². The molecule has 0 bridgehead atoms. The molecule has 0 aliphatic heterocycles. The van der Waals surface area contributed by atoms with Gasteiger partial charge in [0.05, 0.1) is 16.8 Å². The van der Waals surface area contributed by atoms with E-state index in [-0.39, 0.29) is 11.3 Å². The zero-order chi connectivity index (χ0) is 20.4. The summed E-state index contributed by atoms with van der Waals surface area (Å²) >= 11 is 1.42. The molecule has 0 saturated carbocycles. The summed E-state index contributed by atoms with van der Waals surface area (Å²) < 4.78 is 0. The monoisotopic (exact) mass is 402 g/mol. The number of hydrogen-bond donors (Lipinski definition) is 1. The lowest BCUT2D eigenvalue weighted by Gasteiger charge is -2.17. The minimum absolute atomic E-state index is 0.0650. The fourth-order valence-electron chi connectivity index (χ4n) is 2.98. The minimum Gasteiger partial charge on any atom is -0.296 e. The zero-order valence-electron chi connectivity index (χ0n) is 16.6. The number of hydrogen-bond acceptors (Lipinski definition) is 5. The van der Waals surface area contributed by atoms with Crippen molar-refractivity contribution in [1.29, 1.82) is 0 Å². The summed E-state index contributed by atoms with van der Waals surface area (Å²) in [4.78, 5) is 17.9. The smallest absolute Gasteiger partial charge is 0.258 e. The summed E-state index contributed by atoms with van der Waals surface area (Å²) in [5, 5.41) is 13.6. The molecule has 4 aromatic rings. The molecule has 0 aliphatic rings. The van der Waals surface area contributed by atoms with E-state index in [4.69, 9.17) is 4.98 Å². The Hall–Kier alpha value is -3.12. The van der Waals surface area contributed by atoms with Gasteiger partial charge in [-0.15, -0.1) is 10.2 Å². The van der Waals surface area contributed by atoms with E-state index in [1.165, 1.54) is 11.3 Å². The first-order valence-corrected chi connectivity index (χ1v) is 10.4. The van der Waals surface area contributed by atoms with Crippen LogP contribution in [0, 0.1) is 0 Å². The Morgan fingerprint density at radius 1 is 1.03 bits per heavy atom. The summed E-state index contributed by atoms with van der Waals surface area (Å²) in [6, 6.07) is 19.4. The Labute approximate surface area is 173 Å². The van der Waals surface area contributed by atoms with Crippen molar-refractivity contribution in [3.63, 3.8) is 0 Å². The van der Waals surface area contributed by atoms with E-state index in [9.17, 15) is 4.79 Å². The lowest BCUT2D eigenvalue weighted by Crippen LogP contribution is -2.14. The Morgan fingerprint density at radius 2 is 1.76 bits per heavy atom. The quantitative estimate of drug-likeness (QED) is 0.465. The second kappa shape index (κ2) is 7.72. The number of aromatic nitrogens is 3. The van der Waals surface area contributed by atoms with Crippen LogP contribution in [0.5, 0.6) is 0 Å². The maximum Gasteiger partial charge on any atom is 0.258 e. The predicted molar refractivity (Wildman–Crippen MR) is 118 cm³/mol. The number of amides is 1. The van der Waals surface area contributed by atoms with E-state index in [0.29, 0.717) is 10.7 Å². The third-order valence-corrected chi connectivity index (χ3v) is 6.34. The highest BCUT2D eigenvalue weighted by atomic mass is 32.1. The van der Waals surface area contributed by atoms with E-state index in [1.54, 1.807) is 0 Å². The van der Waals surface area contributed by atoms with Crippen molar-refractivity contribution in [1.82, 2.24) is 15.2 Å². The molecule has 0 saturated heterocycles. The van der Waals surface area contributed by atoms with Crippen molar-refractivity contribution in [2.45, 2.75) is 32.6 Å². The van der Waals surface area contributed by atoms with Crippen molar-refractivity contribution >= 4 is 33.3 Å². The Kier molecular flexibility index (Phi) is 5.11. The Bertz CT molecular complexity index is 1170. The van der Waals surface area contributed by atoms with Gasteiger partial charge < -0.3 is 0 Å². The SMILES string of the molecule is CCC(C)(C)c1nnc(NC(=O)c2cc(-c3ccccc3)nc3ccccc23)s1. The fourth-order valence-corrected chi connectivity index (χ4v) is 3.89. The van der Waals surface area contributed by atoms with Gasteiger partial charge in [0.1, 0.15) is 5.01 Å². The van der Waals surface area contributed by atoms with Gasteiger partial charge in [-0.1, -0.05) is 80.6 Å². The number of para-hydroxylation sites is 1. The molecule has 0 radical (unpaired) electrons. The number of rotatable bonds is 5. The molecule has 0 aliphatic carbocycles. The standard InChI is InChI=1S/C23H22N4OS/c1-4-23(2,3)21-26-27-22(29-21)25-20(28)17-14-19(15-10-6-5-7-11-15)24-18-13-9-8-12-16(17)18/h5-14H,4H2,1-3H3,(H,25,27,28). The van der Waals surface area contributed by atoms with Crippen molar-refractivity contribution in [3.05, 3.63) is 71.2 Å². The van der Waals surface area contributed by atoms with E-state index < -0.39 is 0 Å². The van der Waals surface area contributed by atoms with Crippen LogP contribution in [0.1, 0.15) is 42.6 Å². The Balaban J connectivity index is 1.72. The molecular formula is C23H22N4OS. The lowest BCUT2D eigenvalue weighted by atomic mass is 9.91. The Morgan fingerprint density at radius 3 is 2.52 bits per heavy atom. The predicted octanol–water partition coefficient (Wildman–Crippen LogP) is 5.69. The number of carbonyl (C=O) groups is 1. The summed E-state index contributed by atoms with van der Waals surface area (Å²) in [7, 11) is 0. The molecule has 0 unspecified atom stereocenters. The van der Waals surface area contributed by atoms with Crippen LogP contribution in [0.3, 0.4) is 0 Å². The third-order valence-electron chi connectivity index (χ3n) is 5.14. The van der Waals surface area contributed by atoms with Crippen LogP contribution in [0.15, 0.2) is 60.7 Å². The maximum absolute atomic E-state index is 13.1. The van der Waals surface area contributed by atoms with Crippen molar-refractivity contribution in [2.75, 3.05) is 5.32 Å². The van der Waals surface area contributed by atoms with E-state index >= 15 is 0 Å². The first kappa shape index (κ1) is 19.2. The first-order valence-electron chi connectivity index (χ1n) is 9.58. The van der Waals surface area contributed by atoms with Gasteiger partial charge in [0.2, 0.25) is 5.13 Å². The van der Waals surface area contributed by atoms with Gasteiger partial charge >= 0.3 is 0 Å². The summed E-state index contributed by atoms with van der Waals surface area (Å²) in [5.74, 6) is -0.210. The van der Waals surface area contributed by atoms with Gasteiger partial charge in [-0.05, 0) is 18.6 Å². The van der Waals surface area contributed by atoms with Crippen LogP contribution >= 0.6 is 11.3 Å². The zero-order valence-corrected chi connectivity index (χ0v) is 17.5. The van der Waals surface area contributed by atoms with Gasteiger partial charge in [-0.2, -0.15) is 0 Å². The molecule has 0 spiro atoms. The second-order valence-electron chi connectivity index (χ2n) is 7.54. The van der Waals surface area contributed by atoms with Gasteiger partial charge in [-0.3, -0.25) is 10.1 Å². The highest BCUT2D eigenvalue weighted by Gasteiger charge is 2.24. The molecule has 2 heterocycles. The molecule has 4 rings (SSSR count). The van der Waals surface area contributed by atoms with E-state index in [0.717, 1.165) is 33.6 Å². The normalized spacial score (nSPS) is 11.6. The van der Waals surface area contributed by atoms with Crippen LogP contribution in [-0.4, -0.2) is 21.1 Å². The molecule has 146 valence electrons. The topological polar surface area (TPSA) is 67.8 Å². The van der Waals surface area contributed by atoms with Crippen LogP contribution in [0.4, 0.5) is 5.13 Å². The third kappa shape index (κ3) is 3.89. The number of carbonyl (C=O) groups excluding carboxylic acids is 1. The number of nitrogens with zero attached hydrogens (tertiary/aromatic N) is 3. The first-order chi connectivity index (χ1) is 14.0. The fraction of sp³-hybridized carbons (Fsp3) is 0.217. The molecule has 1 N–H and O–H groups in total. The number of benzene rings is 2. The maximum atomic E-state index is 13.1. The van der Waals surface area contributed by atoms with Crippen LogP contribution in [0.25, 0.3) is 22.2 Å². The summed E-state index contributed by atoms with van der Waals surface area (Å²) in [6.45, 7) is 6.37. The largest absolute Gasteiger partial charge is 0.296 e. The molecule has 0 fully saturated rings. The van der Waals surface area contributed by atoms with Gasteiger partial charge in [0, 0.05) is 16.4 Å². The van der Waals surface area contributed by atoms with E-state index in [2.05, 4.69) is 36.3 Å². The number of pyridine rings is 1. The average molecular weight is 403 g/mol. The van der Waals surface area contributed by atoms with Gasteiger partial charge in [0.15, 0.2) is 0 Å². The van der Waals surface area contributed by atoms with Crippen LogP contribution in [-0.2, 0) is 5.41 Å². The number of nitrogens with one attached hydrogen (secondary N) is 1. The minimum atomic E-state index is -0.210. The molecule has 5 nitrogen and oxygen atoms in total. The molecule has 29 heavy (non-hydrogen) atoms. The second-order valence-corrected chi connectivity index (χ2v) is 8.52.